The molecular weight excluding hydrogens is 196 g/mol. The number of hydrogen-bond donors (Lipinski definition) is 0. The smallest absolute Gasteiger partial charge is 0.0611 e. The summed E-state index contributed by atoms with van der Waals surface area (Å²) < 4.78 is 6.30. The molecule has 3 fully saturated rings. The maximum atomic E-state index is 6.30. The first-order valence-corrected chi connectivity index (χ1v) is 7.24. The first kappa shape index (κ1) is 11.1. The lowest BCUT2D eigenvalue weighted by atomic mass is 9.64. The predicted molar refractivity (Wildman–Crippen MR) is 66.2 cm³/mol. The lowest BCUT2D eigenvalue weighted by Gasteiger charge is -2.39. The Morgan fingerprint density at radius 1 is 1.06 bits per heavy atom. The summed E-state index contributed by atoms with van der Waals surface area (Å²) in [6.07, 6.45) is 6.55. The summed E-state index contributed by atoms with van der Waals surface area (Å²) in [6.45, 7) is 9.58. The fourth-order valence-corrected chi connectivity index (χ4v) is 5.31. The molecular formula is C15H26O. The van der Waals surface area contributed by atoms with Crippen LogP contribution in [0.25, 0.3) is 0 Å². The molecule has 0 aromatic rings. The van der Waals surface area contributed by atoms with Crippen molar-refractivity contribution in [3.63, 3.8) is 0 Å². The molecule has 2 saturated carbocycles. The molecule has 2 aliphatic carbocycles. The summed E-state index contributed by atoms with van der Waals surface area (Å²) in [6, 6.07) is 0. The van der Waals surface area contributed by atoms with Crippen LogP contribution in [0.1, 0.15) is 53.4 Å². The average molecular weight is 222 g/mol. The van der Waals surface area contributed by atoms with Crippen molar-refractivity contribution in [2.75, 3.05) is 0 Å². The lowest BCUT2D eigenvalue weighted by Crippen LogP contribution is -2.36. The van der Waals surface area contributed by atoms with E-state index in [0.29, 0.717) is 17.6 Å². The molecule has 6 atom stereocenters. The SMILES string of the molecule is CCC1OC(CC)C2C1C1CC2C(C)(C)C1. The lowest BCUT2D eigenvalue weighted by molar-refractivity contribution is 0.0105. The molecule has 6 unspecified atom stereocenters. The summed E-state index contributed by atoms with van der Waals surface area (Å²) in [7, 11) is 0. The van der Waals surface area contributed by atoms with Gasteiger partial charge < -0.3 is 4.74 Å². The third-order valence-corrected chi connectivity index (χ3v) is 5.82. The van der Waals surface area contributed by atoms with E-state index in [0.717, 1.165) is 23.7 Å². The van der Waals surface area contributed by atoms with E-state index in [1.165, 1.54) is 25.7 Å². The van der Waals surface area contributed by atoms with Gasteiger partial charge in [-0.3, -0.25) is 0 Å². The second kappa shape index (κ2) is 3.48. The van der Waals surface area contributed by atoms with Gasteiger partial charge in [0.1, 0.15) is 0 Å². The van der Waals surface area contributed by atoms with Crippen LogP contribution in [-0.4, -0.2) is 12.2 Å². The van der Waals surface area contributed by atoms with Gasteiger partial charge in [0.25, 0.3) is 0 Å². The zero-order valence-corrected chi connectivity index (χ0v) is 11.2. The Bertz CT molecular complexity index is 283. The molecule has 16 heavy (non-hydrogen) atoms. The van der Waals surface area contributed by atoms with Crippen LogP contribution in [0.5, 0.6) is 0 Å². The van der Waals surface area contributed by atoms with Crippen LogP contribution >= 0.6 is 0 Å². The molecule has 0 amide bonds. The van der Waals surface area contributed by atoms with Gasteiger partial charge in [0.05, 0.1) is 12.2 Å². The topological polar surface area (TPSA) is 9.23 Å². The number of ether oxygens (including phenoxy) is 1. The number of rotatable bonds is 2. The monoisotopic (exact) mass is 222 g/mol. The van der Waals surface area contributed by atoms with Crippen molar-refractivity contribution in [3.05, 3.63) is 0 Å². The van der Waals surface area contributed by atoms with E-state index in [9.17, 15) is 0 Å². The second-order valence-electron chi connectivity index (χ2n) is 6.98. The molecule has 1 aliphatic heterocycles. The van der Waals surface area contributed by atoms with Crippen molar-refractivity contribution < 1.29 is 4.74 Å². The van der Waals surface area contributed by atoms with Gasteiger partial charge in [-0.15, -0.1) is 0 Å². The van der Waals surface area contributed by atoms with Crippen LogP contribution in [0.3, 0.4) is 0 Å². The second-order valence-corrected chi connectivity index (χ2v) is 6.98. The van der Waals surface area contributed by atoms with E-state index in [1.807, 2.05) is 0 Å². The molecule has 0 spiro atoms. The predicted octanol–water partition coefficient (Wildman–Crippen LogP) is 3.87. The highest BCUT2D eigenvalue weighted by Crippen LogP contribution is 2.65. The number of hydrogen-bond acceptors (Lipinski definition) is 1. The van der Waals surface area contributed by atoms with Crippen LogP contribution in [0, 0.1) is 29.1 Å². The molecule has 0 N–H and O–H groups in total. The fourth-order valence-electron chi connectivity index (χ4n) is 5.31. The zero-order chi connectivity index (χ0) is 11.5. The third kappa shape index (κ3) is 1.27. The average Bonchev–Trinajstić information content (AvgIpc) is 2.83. The van der Waals surface area contributed by atoms with Crippen molar-refractivity contribution >= 4 is 0 Å². The van der Waals surface area contributed by atoms with E-state index in [-0.39, 0.29) is 0 Å². The Kier molecular flexibility index (Phi) is 2.41. The minimum atomic E-state index is 0.574. The van der Waals surface area contributed by atoms with Crippen molar-refractivity contribution in [2.45, 2.75) is 65.6 Å². The maximum Gasteiger partial charge on any atom is 0.0611 e. The molecule has 0 aromatic carbocycles. The quantitative estimate of drug-likeness (QED) is 0.689. The molecule has 3 aliphatic rings. The molecule has 0 aromatic heterocycles. The van der Waals surface area contributed by atoms with Gasteiger partial charge in [0.2, 0.25) is 0 Å². The molecule has 1 heteroatoms. The van der Waals surface area contributed by atoms with Gasteiger partial charge in [-0.2, -0.15) is 0 Å². The minimum absolute atomic E-state index is 0.574. The zero-order valence-electron chi connectivity index (χ0n) is 11.2. The molecule has 2 bridgehead atoms. The first-order chi connectivity index (χ1) is 7.58. The van der Waals surface area contributed by atoms with E-state index >= 15 is 0 Å². The van der Waals surface area contributed by atoms with Gasteiger partial charge in [-0.25, -0.2) is 0 Å². The minimum Gasteiger partial charge on any atom is -0.374 e. The van der Waals surface area contributed by atoms with Gasteiger partial charge in [0.15, 0.2) is 0 Å². The van der Waals surface area contributed by atoms with Crippen LogP contribution in [0.2, 0.25) is 0 Å². The molecule has 3 rings (SSSR count). The van der Waals surface area contributed by atoms with Gasteiger partial charge in [0, 0.05) is 0 Å². The summed E-state index contributed by atoms with van der Waals surface area (Å²) >= 11 is 0. The van der Waals surface area contributed by atoms with E-state index in [1.54, 1.807) is 0 Å². The van der Waals surface area contributed by atoms with E-state index in [2.05, 4.69) is 27.7 Å². The Balaban J connectivity index is 1.90. The van der Waals surface area contributed by atoms with E-state index in [4.69, 9.17) is 4.74 Å². The third-order valence-electron chi connectivity index (χ3n) is 5.82. The highest BCUT2D eigenvalue weighted by atomic mass is 16.5. The van der Waals surface area contributed by atoms with Crippen molar-refractivity contribution in [1.82, 2.24) is 0 Å². The molecule has 92 valence electrons. The normalized spacial score (nSPS) is 53.2. The molecule has 1 heterocycles. The maximum absolute atomic E-state index is 6.30. The van der Waals surface area contributed by atoms with Crippen molar-refractivity contribution in [2.24, 2.45) is 29.1 Å². The summed E-state index contributed by atoms with van der Waals surface area (Å²) in [5.41, 5.74) is 0.589. The Morgan fingerprint density at radius 3 is 2.31 bits per heavy atom. The van der Waals surface area contributed by atoms with Crippen LogP contribution in [0.4, 0.5) is 0 Å². The molecule has 0 radical (unpaired) electrons. The van der Waals surface area contributed by atoms with Crippen LogP contribution in [0.15, 0.2) is 0 Å². The standard InChI is InChI=1S/C15H26O/c1-5-11-13-9-7-10(15(3,4)8-9)14(13)12(6-2)16-11/h9-14H,5-8H2,1-4H3. The largest absolute Gasteiger partial charge is 0.374 e. The summed E-state index contributed by atoms with van der Waals surface area (Å²) in [4.78, 5) is 0. The van der Waals surface area contributed by atoms with Gasteiger partial charge in [-0.05, 0) is 54.8 Å². The molecule has 1 nitrogen and oxygen atoms in total. The first-order valence-electron chi connectivity index (χ1n) is 7.24. The van der Waals surface area contributed by atoms with Crippen molar-refractivity contribution in [3.8, 4) is 0 Å². The van der Waals surface area contributed by atoms with E-state index < -0.39 is 0 Å². The molecule has 1 saturated heterocycles. The Labute approximate surface area is 99.9 Å². The summed E-state index contributed by atoms with van der Waals surface area (Å²) in [5.74, 6) is 3.73. The van der Waals surface area contributed by atoms with Crippen LogP contribution < -0.4 is 0 Å². The highest BCUT2D eigenvalue weighted by molar-refractivity contribution is 5.10. The Hall–Kier alpha value is -0.0400. The van der Waals surface area contributed by atoms with Crippen molar-refractivity contribution in [1.29, 1.82) is 0 Å². The van der Waals surface area contributed by atoms with Gasteiger partial charge in [-0.1, -0.05) is 27.7 Å². The highest BCUT2D eigenvalue weighted by Gasteiger charge is 2.62. The van der Waals surface area contributed by atoms with Gasteiger partial charge >= 0.3 is 0 Å². The number of fused-ring (bicyclic) bond motifs is 5. The van der Waals surface area contributed by atoms with Crippen LogP contribution in [-0.2, 0) is 4.74 Å². The fraction of sp³-hybridized carbons (Fsp3) is 1.00. The Morgan fingerprint density at radius 2 is 1.69 bits per heavy atom. The summed E-state index contributed by atoms with van der Waals surface area (Å²) in [5, 5.41) is 0.